The standard InChI is InChI=1S/C19H25NO4/c1-12-8-15-10-17(24-16(15)9-13(12)2)19(23)20-7-3-4-14(11-20)5-6-18(21)22/h8-9,14,17H,3-7,10-11H2,1-2H3,(H,21,22). The number of hydrogen-bond donors (Lipinski definition) is 1. The molecule has 5 heteroatoms. The van der Waals surface area contributed by atoms with Gasteiger partial charge < -0.3 is 14.7 Å². The van der Waals surface area contributed by atoms with Crippen molar-refractivity contribution in [3.8, 4) is 5.75 Å². The number of hydrogen-bond acceptors (Lipinski definition) is 3. The van der Waals surface area contributed by atoms with Crippen molar-refractivity contribution in [1.82, 2.24) is 4.90 Å². The minimum absolute atomic E-state index is 0.0431. The number of benzene rings is 1. The van der Waals surface area contributed by atoms with Gasteiger partial charge in [-0.15, -0.1) is 0 Å². The van der Waals surface area contributed by atoms with Crippen molar-refractivity contribution in [2.75, 3.05) is 13.1 Å². The van der Waals surface area contributed by atoms with Crippen molar-refractivity contribution < 1.29 is 19.4 Å². The Bertz CT molecular complexity index is 624. The molecular weight excluding hydrogens is 306 g/mol. The van der Waals surface area contributed by atoms with Crippen LogP contribution in [-0.4, -0.2) is 41.1 Å². The Kier molecular flexibility index (Phi) is 4.78. The van der Waals surface area contributed by atoms with Crippen LogP contribution in [0.25, 0.3) is 0 Å². The van der Waals surface area contributed by atoms with Crippen LogP contribution in [0.5, 0.6) is 5.75 Å². The van der Waals surface area contributed by atoms with Gasteiger partial charge in [-0.05, 0) is 61.8 Å². The molecule has 130 valence electrons. The first-order chi connectivity index (χ1) is 11.4. The van der Waals surface area contributed by atoms with E-state index in [0.717, 1.165) is 30.7 Å². The first kappa shape index (κ1) is 16.8. The predicted octanol–water partition coefficient (Wildman–Crippen LogP) is 2.71. The first-order valence-corrected chi connectivity index (χ1v) is 8.71. The molecule has 0 saturated carbocycles. The molecule has 2 aliphatic rings. The van der Waals surface area contributed by atoms with Gasteiger partial charge in [0.2, 0.25) is 0 Å². The van der Waals surface area contributed by atoms with Gasteiger partial charge in [0.15, 0.2) is 6.10 Å². The monoisotopic (exact) mass is 331 g/mol. The van der Waals surface area contributed by atoms with Crippen LogP contribution < -0.4 is 4.74 Å². The second kappa shape index (κ2) is 6.83. The number of nitrogens with zero attached hydrogens (tertiary/aromatic N) is 1. The molecule has 0 aromatic heterocycles. The summed E-state index contributed by atoms with van der Waals surface area (Å²) in [5.74, 6) is 0.392. The van der Waals surface area contributed by atoms with E-state index in [0.29, 0.717) is 19.4 Å². The smallest absolute Gasteiger partial charge is 0.303 e. The number of carboxylic acids is 1. The highest BCUT2D eigenvalue weighted by Gasteiger charge is 2.34. The van der Waals surface area contributed by atoms with Crippen LogP contribution in [0.2, 0.25) is 0 Å². The van der Waals surface area contributed by atoms with Crippen LogP contribution in [0.4, 0.5) is 0 Å². The number of aryl methyl sites for hydroxylation is 2. The number of likely N-dealkylation sites (tertiary alicyclic amines) is 1. The summed E-state index contributed by atoms with van der Waals surface area (Å²) in [5.41, 5.74) is 3.50. The van der Waals surface area contributed by atoms with Gasteiger partial charge in [-0.25, -0.2) is 0 Å². The van der Waals surface area contributed by atoms with Crippen molar-refractivity contribution in [3.05, 3.63) is 28.8 Å². The number of aliphatic carboxylic acids is 1. The lowest BCUT2D eigenvalue weighted by Gasteiger charge is -2.34. The third kappa shape index (κ3) is 3.55. The summed E-state index contributed by atoms with van der Waals surface area (Å²) < 4.78 is 5.91. The largest absolute Gasteiger partial charge is 0.481 e. The molecule has 0 spiro atoms. The topological polar surface area (TPSA) is 66.8 Å². The Morgan fingerprint density at radius 1 is 1.29 bits per heavy atom. The Hall–Kier alpha value is -2.04. The molecule has 5 nitrogen and oxygen atoms in total. The van der Waals surface area contributed by atoms with Crippen molar-refractivity contribution in [1.29, 1.82) is 0 Å². The van der Waals surface area contributed by atoms with Crippen molar-refractivity contribution in [2.24, 2.45) is 5.92 Å². The molecule has 1 saturated heterocycles. The molecule has 1 aromatic rings. The minimum Gasteiger partial charge on any atom is -0.481 e. The number of ether oxygens (including phenoxy) is 1. The zero-order valence-electron chi connectivity index (χ0n) is 14.4. The Morgan fingerprint density at radius 2 is 2.04 bits per heavy atom. The molecule has 0 aliphatic carbocycles. The molecule has 1 amide bonds. The minimum atomic E-state index is -0.765. The third-order valence-corrected chi connectivity index (χ3v) is 5.22. The van der Waals surface area contributed by atoms with Crippen molar-refractivity contribution in [3.63, 3.8) is 0 Å². The second-order valence-corrected chi connectivity index (χ2v) is 7.08. The molecule has 1 N–H and O–H groups in total. The fourth-order valence-corrected chi connectivity index (χ4v) is 3.68. The van der Waals surface area contributed by atoms with Crippen LogP contribution in [0.3, 0.4) is 0 Å². The lowest BCUT2D eigenvalue weighted by atomic mass is 9.93. The normalized spacial score (nSPS) is 22.8. The maximum atomic E-state index is 12.8. The molecule has 3 rings (SSSR count). The number of carbonyl (C=O) groups excluding carboxylic acids is 1. The lowest BCUT2D eigenvalue weighted by Crippen LogP contribution is -2.46. The molecule has 1 aromatic carbocycles. The fraction of sp³-hybridized carbons (Fsp3) is 0.579. The summed E-state index contributed by atoms with van der Waals surface area (Å²) in [4.78, 5) is 25.4. The van der Waals surface area contributed by atoms with Crippen LogP contribution in [-0.2, 0) is 16.0 Å². The highest BCUT2D eigenvalue weighted by atomic mass is 16.5. The van der Waals surface area contributed by atoms with E-state index in [1.54, 1.807) is 0 Å². The highest BCUT2D eigenvalue weighted by molar-refractivity contribution is 5.83. The Labute approximate surface area is 142 Å². The number of carbonyl (C=O) groups is 2. The summed E-state index contributed by atoms with van der Waals surface area (Å²) in [5, 5.41) is 8.84. The van der Waals surface area contributed by atoms with Crippen LogP contribution in [0.15, 0.2) is 12.1 Å². The van der Waals surface area contributed by atoms with E-state index in [2.05, 4.69) is 13.0 Å². The molecule has 2 aliphatic heterocycles. The first-order valence-electron chi connectivity index (χ1n) is 8.71. The molecular formula is C19H25NO4. The predicted molar refractivity (Wildman–Crippen MR) is 90.2 cm³/mol. The van der Waals surface area contributed by atoms with Gasteiger partial charge in [0, 0.05) is 25.9 Å². The van der Waals surface area contributed by atoms with Crippen LogP contribution >= 0.6 is 0 Å². The van der Waals surface area contributed by atoms with E-state index in [1.165, 1.54) is 11.1 Å². The van der Waals surface area contributed by atoms with E-state index >= 15 is 0 Å². The SMILES string of the molecule is Cc1cc2c(cc1C)OC(C(=O)N1CCCC(CCC(=O)O)C1)C2. The number of piperidine rings is 1. The number of amides is 1. The van der Waals surface area contributed by atoms with Crippen LogP contribution in [0, 0.1) is 19.8 Å². The zero-order chi connectivity index (χ0) is 17.3. The third-order valence-electron chi connectivity index (χ3n) is 5.22. The van der Waals surface area contributed by atoms with Gasteiger partial charge in [0.25, 0.3) is 5.91 Å². The molecule has 2 unspecified atom stereocenters. The van der Waals surface area contributed by atoms with Crippen LogP contribution in [0.1, 0.15) is 42.4 Å². The van der Waals surface area contributed by atoms with Gasteiger partial charge >= 0.3 is 5.97 Å². The average Bonchev–Trinajstić information content (AvgIpc) is 2.95. The highest BCUT2D eigenvalue weighted by Crippen LogP contribution is 2.33. The zero-order valence-corrected chi connectivity index (χ0v) is 14.4. The van der Waals surface area contributed by atoms with Gasteiger partial charge in [0.05, 0.1) is 0 Å². The molecule has 24 heavy (non-hydrogen) atoms. The summed E-state index contributed by atoms with van der Waals surface area (Å²) in [6.45, 7) is 5.52. The second-order valence-electron chi connectivity index (χ2n) is 7.08. The Balaban J connectivity index is 1.62. The summed E-state index contributed by atoms with van der Waals surface area (Å²) >= 11 is 0. The Morgan fingerprint density at radius 3 is 2.79 bits per heavy atom. The van der Waals surface area contributed by atoms with E-state index in [4.69, 9.17) is 9.84 Å². The number of fused-ring (bicyclic) bond motifs is 1. The maximum Gasteiger partial charge on any atom is 0.303 e. The van der Waals surface area contributed by atoms with Gasteiger partial charge in [-0.3, -0.25) is 9.59 Å². The van der Waals surface area contributed by atoms with E-state index in [9.17, 15) is 9.59 Å². The lowest BCUT2D eigenvalue weighted by molar-refractivity contribution is -0.140. The average molecular weight is 331 g/mol. The molecule has 1 fully saturated rings. The quantitative estimate of drug-likeness (QED) is 0.921. The molecule has 2 atom stereocenters. The number of carboxylic acid groups (broad SMARTS) is 1. The summed E-state index contributed by atoms with van der Waals surface area (Å²) in [7, 11) is 0. The van der Waals surface area contributed by atoms with Gasteiger partial charge in [-0.2, -0.15) is 0 Å². The van der Waals surface area contributed by atoms with Gasteiger partial charge in [-0.1, -0.05) is 6.07 Å². The molecule has 0 radical (unpaired) electrons. The van der Waals surface area contributed by atoms with Gasteiger partial charge in [0.1, 0.15) is 5.75 Å². The summed E-state index contributed by atoms with van der Waals surface area (Å²) in [6.07, 6.45) is 2.96. The molecule has 0 bridgehead atoms. The van der Waals surface area contributed by atoms with Crippen molar-refractivity contribution in [2.45, 2.75) is 52.1 Å². The van der Waals surface area contributed by atoms with E-state index < -0.39 is 12.1 Å². The van der Waals surface area contributed by atoms with E-state index in [-0.39, 0.29) is 18.2 Å². The molecule has 2 heterocycles. The summed E-state index contributed by atoms with van der Waals surface area (Å²) in [6, 6.07) is 4.13. The van der Waals surface area contributed by atoms with E-state index in [1.807, 2.05) is 17.9 Å². The fourth-order valence-electron chi connectivity index (χ4n) is 3.68. The maximum absolute atomic E-state index is 12.8. The number of rotatable bonds is 4. The van der Waals surface area contributed by atoms with Crippen molar-refractivity contribution >= 4 is 11.9 Å².